The van der Waals surface area contributed by atoms with Crippen molar-refractivity contribution in [2.75, 3.05) is 6.61 Å². The average Bonchev–Trinajstić information content (AvgIpc) is 3.35. The van der Waals surface area contributed by atoms with Crippen molar-refractivity contribution in [1.29, 1.82) is 5.26 Å². The molecule has 0 aliphatic carbocycles. The molecule has 0 saturated heterocycles. The van der Waals surface area contributed by atoms with E-state index < -0.39 is 5.82 Å². The molecule has 0 saturated carbocycles. The van der Waals surface area contributed by atoms with Crippen molar-refractivity contribution in [2.24, 2.45) is 0 Å². The van der Waals surface area contributed by atoms with Crippen LogP contribution in [0.1, 0.15) is 24.7 Å². The van der Waals surface area contributed by atoms with Gasteiger partial charge >= 0.3 is 0 Å². The van der Waals surface area contributed by atoms with Crippen LogP contribution in [-0.2, 0) is 0 Å². The van der Waals surface area contributed by atoms with E-state index >= 15 is 0 Å². The van der Waals surface area contributed by atoms with Crippen LogP contribution in [0.2, 0.25) is 0 Å². The average molecular weight is 492 g/mol. The maximum Gasteiger partial charge on any atom is 0.259 e. The molecule has 5 rings (SSSR count). The summed E-state index contributed by atoms with van der Waals surface area (Å²) in [5, 5.41) is 15.1. The maximum absolute atomic E-state index is 14.8. The minimum atomic E-state index is -0.504. The van der Waals surface area contributed by atoms with Gasteiger partial charge in [0.25, 0.3) is 5.56 Å². The summed E-state index contributed by atoms with van der Waals surface area (Å²) in [5.41, 5.74) is 2.60. The van der Waals surface area contributed by atoms with Crippen molar-refractivity contribution in [2.45, 2.75) is 13.3 Å². The number of hydrogen-bond acceptors (Lipinski definition) is 5. The molecule has 1 N–H and O–H groups in total. The number of aromatic nitrogens is 4. The van der Waals surface area contributed by atoms with Gasteiger partial charge in [-0.25, -0.2) is 14.1 Å². The molecule has 7 nitrogen and oxygen atoms in total. The molecule has 0 aliphatic rings. The van der Waals surface area contributed by atoms with Crippen molar-refractivity contribution in [3.05, 3.63) is 107 Å². The molecule has 37 heavy (non-hydrogen) atoms. The van der Waals surface area contributed by atoms with Crippen molar-refractivity contribution >= 4 is 22.6 Å². The number of halogens is 1. The molecule has 0 radical (unpaired) electrons. The highest BCUT2D eigenvalue weighted by atomic mass is 19.1. The molecule has 0 atom stereocenters. The van der Waals surface area contributed by atoms with Gasteiger partial charge in [-0.05, 0) is 55.0 Å². The second-order valence-corrected chi connectivity index (χ2v) is 8.31. The number of ether oxygens (including phenoxy) is 1. The highest BCUT2D eigenvalue weighted by Gasteiger charge is 2.16. The number of aromatic amines is 1. The Morgan fingerprint density at radius 1 is 1.14 bits per heavy atom. The van der Waals surface area contributed by atoms with Crippen LogP contribution < -0.4 is 10.3 Å². The molecule has 0 aliphatic heterocycles. The molecule has 3 aromatic carbocycles. The van der Waals surface area contributed by atoms with Crippen LogP contribution in [0.4, 0.5) is 4.39 Å². The first-order valence-corrected chi connectivity index (χ1v) is 11.8. The SMILES string of the molecule is CCCOc1ccc(-c2nn(-c3ccccc3)cc2/C=C(\C#N)c2nc3ccccc3c(=O)[nH]2)cc1F. The number of nitrogens with zero attached hydrogens (tertiary/aromatic N) is 4. The van der Waals surface area contributed by atoms with E-state index in [-0.39, 0.29) is 22.7 Å². The van der Waals surface area contributed by atoms with Gasteiger partial charge in [-0.1, -0.05) is 37.3 Å². The lowest BCUT2D eigenvalue weighted by atomic mass is 10.1. The lowest BCUT2D eigenvalue weighted by Crippen LogP contribution is -2.11. The quantitative estimate of drug-likeness (QED) is 0.292. The standard InChI is InChI=1S/C29H22FN5O2/c1-2-14-37-26-13-12-19(16-24(26)30)27-21(18-35(34-27)22-8-4-3-5-9-22)15-20(17-31)28-32-25-11-7-6-10-23(25)29(36)33-28/h3-13,15-16,18H,2,14H2,1H3,(H,32,33,36)/b20-15+. The van der Waals surface area contributed by atoms with Gasteiger partial charge in [0, 0.05) is 17.3 Å². The van der Waals surface area contributed by atoms with E-state index in [1.165, 1.54) is 6.07 Å². The summed E-state index contributed by atoms with van der Waals surface area (Å²) < 4.78 is 22.0. The van der Waals surface area contributed by atoms with Gasteiger partial charge < -0.3 is 9.72 Å². The number of H-pyrrole nitrogens is 1. The third kappa shape index (κ3) is 4.88. The Morgan fingerprint density at radius 2 is 1.92 bits per heavy atom. The number of rotatable bonds is 7. The van der Waals surface area contributed by atoms with Gasteiger partial charge in [0.1, 0.15) is 11.8 Å². The zero-order valence-electron chi connectivity index (χ0n) is 20.0. The lowest BCUT2D eigenvalue weighted by Gasteiger charge is -2.07. The van der Waals surface area contributed by atoms with E-state index in [4.69, 9.17) is 9.84 Å². The Morgan fingerprint density at radius 3 is 2.68 bits per heavy atom. The molecule has 8 heteroatoms. The topological polar surface area (TPSA) is 96.6 Å². The first kappa shape index (κ1) is 23.7. The van der Waals surface area contributed by atoms with Crippen LogP contribution in [0, 0.1) is 17.1 Å². The van der Waals surface area contributed by atoms with Crippen molar-refractivity contribution in [3.8, 4) is 28.8 Å². The van der Waals surface area contributed by atoms with Crippen molar-refractivity contribution in [3.63, 3.8) is 0 Å². The molecule has 0 unspecified atom stereocenters. The lowest BCUT2D eigenvalue weighted by molar-refractivity contribution is 0.301. The zero-order chi connectivity index (χ0) is 25.8. The summed E-state index contributed by atoms with van der Waals surface area (Å²) in [7, 11) is 0. The summed E-state index contributed by atoms with van der Waals surface area (Å²) in [5.74, 6) is -0.198. The third-order valence-corrected chi connectivity index (χ3v) is 5.72. The molecule has 182 valence electrons. The molecular weight excluding hydrogens is 469 g/mol. The predicted molar refractivity (Wildman–Crippen MR) is 141 cm³/mol. The minimum absolute atomic E-state index is 0.138. The van der Waals surface area contributed by atoms with Gasteiger partial charge in [0.15, 0.2) is 17.4 Å². The first-order valence-electron chi connectivity index (χ1n) is 11.8. The normalized spacial score (nSPS) is 11.4. The number of benzene rings is 3. The van der Waals surface area contributed by atoms with Crippen molar-refractivity contribution in [1.82, 2.24) is 19.7 Å². The Balaban J connectivity index is 1.65. The predicted octanol–water partition coefficient (Wildman–Crippen LogP) is 5.77. The minimum Gasteiger partial charge on any atom is -0.491 e. The van der Waals surface area contributed by atoms with Gasteiger partial charge in [-0.3, -0.25) is 4.79 Å². The van der Waals surface area contributed by atoms with Crippen molar-refractivity contribution < 1.29 is 9.13 Å². The van der Waals surface area contributed by atoms with Crippen LogP contribution >= 0.6 is 0 Å². The van der Waals surface area contributed by atoms with E-state index in [1.807, 2.05) is 37.3 Å². The monoisotopic (exact) mass is 491 g/mol. The summed E-state index contributed by atoms with van der Waals surface area (Å²) in [6.07, 6.45) is 4.11. The van der Waals surface area contributed by atoms with Crippen LogP contribution in [0.15, 0.2) is 83.8 Å². The Kier molecular flexibility index (Phi) is 6.60. The highest BCUT2D eigenvalue weighted by molar-refractivity contribution is 5.91. The zero-order valence-corrected chi connectivity index (χ0v) is 20.0. The molecule has 0 spiro atoms. The van der Waals surface area contributed by atoms with Gasteiger partial charge in [0.05, 0.1) is 28.8 Å². The smallest absolute Gasteiger partial charge is 0.259 e. The number of hydrogen-bond donors (Lipinski definition) is 1. The first-order chi connectivity index (χ1) is 18.1. The Labute approximate surface area is 212 Å². The summed E-state index contributed by atoms with van der Waals surface area (Å²) in [4.78, 5) is 19.8. The second kappa shape index (κ2) is 10.3. The van der Waals surface area contributed by atoms with Gasteiger partial charge in [-0.15, -0.1) is 0 Å². The Bertz CT molecular complexity index is 1710. The molecule has 2 heterocycles. The largest absolute Gasteiger partial charge is 0.491 e. The van der Waals surface area contributed by atoms with E-state index in [1.54, 1.807) is 53.4 Å². The van der Waals surface area contributed by atoms with Crippen LogP contribution in [0.3, 0.4) is 0 Å². The van der Waals surface area contributed by atoms with Crippen LogP contribution in [0.5, 0.6) is 5.75 Å². The fourth-order valence-corrected chi connectivity index (χ4v) is 3.93. The molecular formula is C29H22FN5O2. The Hall–Kier alpha value is -5.03. The van der Waals surface area contributed by atoms with Gasteiger partial charge in [0.2, 0.25) is 0 Å². The number of nitriles is 1. The third-order valence-electron chi connectivity index (χ3n) is 5.72. The van der Waals surface area contributed by atoms with Crippen LogP contribution in [0.25, 0.3) is 39.5 Å². The van der Waals surface area contributed by atoms with E-state index in [0.717, 1.165) is 12.1 Å². The van der Waals surface area contributed by atoms with E-state index in [9.17, 15) is 14.4 Å². The van der Waals surface area contributed by atoms with Crippen LogP contribution in [-0.4, -0.2) is 26.4 Å². The maximum atomic E-state index is 14.8. The molecule has 0 amide bonds. The number of para-hydroxylation sites is 2. The number of allylic oxidation sites excluding steroid dienone is 1. The van der Waals surface area contributed by atoms with Gasteiger partial charge in [-0.2, -0.15) is 10.4 Å². The fourth-order valence-electron chi connectivity index (χ4n) is 3.93. The molecule has 5 aromatic rings. The molecule has 0 bridgehead atoms. The summed E-state index contributed by atoms with van der Waals surface area (Å²) >= 11 is 0. The highest BCUT2D eigenvalue weighted by Crippen LogP contribution is 2.30. The van der Waals surface area contributed by atoms with E-state index in [2.05, 4.69) is 16.0 Å². The summed E-state index contributed by atoms with van der Waals surface area (Å²) in [6.45, 7) is 2.36. The van der Waals surface area contributed by atoms with E-state index in [0.29, 0.717) is 34.3 Å². The number of nitrogens with one attached hydrogen (secondary N) is 1. The fraction of sp³-hybridized carbons (Fsp3) is 0.103. The molecule has 2 aromatic heterocycles. The number of fused-ring (bicyclic) bond motifs is 1. The molecule has 0 fully saturated rings. The summed E-state index contributed by atoms with van der Waals surface area (Å²) in [6, 6.07) is 23.2. The second-order valence-electron chi connectivity index (χ2n) is 8.31.